The van der Waals surface area contributed by atoms with Crippen LogP contribution < -0.4 is 4.68 Å². The van der Waals surface area contributed by atoms with Crippen molar-refractivity contribution in [3.8, 4) is 0 Å². The van der Waals surface area contributed by atoms with Gasteiger partial charge in [0.15, 0.2) is 22.4 Å². The van der Waals surface area contributed by atoms with Crippen LogP contribution in [-0.2, 0) is 10.0 Å². The number of pyridine rings is 1. The molecule has 1 aromatic carbocycles. The van der Waals surface area contributed by atoms with Crippen LogP contribution in [0.25, 0.3) is 4.83 Å². The Morgan fingerprint density at radius 2 is 1.74 bits per heavy atom. The average molecular weight is 333 g/mol. The molecule has 0 saturated heterocycles. The number of aromatic nitrogens is 1. The van der Waals surface area contributed by atoms with E-state index in [1.54, 1.807) is 35.2 Å². The number of carbonyl (C=O) groups excluding carboxylic acids is 1. The predicted molar refractivity (Wildman–Crippen MR) is 86.3 cm³/mol. The molecule has 122 valence electrons. The van der Waals surface area contributed by atoms with E-state index in [1.807, 2.05) is 13.8 Å². The van der Waals surface area contributed by atoms with E-state index in [1.165, 1.54) is 24.5 Å². The van der Waals surface area contributed by atoms with Crippen LogP contribution >= 0.6 is 0 Å². The van der Waals surface area contributed by atoms with E-state index in [0.29, 0.717) is 18.7 Å². The summed E-state index contributed by atoms with van der Waals surface area (Å²) in [6, 6.07) is 11.2. The molecule has 0 atom stereocenters. The van der Waals surface area contributed by atoms with Gasteiger partial charge in [-0.3, -0.25) is 4.79 Å². The second kappa shape index (κ2) is 7.23. The van der Waals surface area contributed by atoms with Gasteiger partial charge in [0.2, 0.25) is 0 Å². The first kappa shape index (κ1) is 17.0. The van der Waals surface area contributed by atoms with E-state index >= 15 is 0 Å². The van der Waals surface area contributed by atoms with E-state index in [0.717, 1.165) is 4.68 Å². The summed E-state index contributed by atoms with van der Waals surface area (Å²) in [5.74, 6) is -0.156. The van der Waals surface area contributed by atoms with Gasteiger partial charge in [-0.15, -0.1) is 0 Å². The van der Waals surface area contributed by atoms with Crippen molar-refractivity contribution in [1.82, 2.24) is 4.90 Å². The molecule has 7 heteroatoms. The smallest absolute Gasteiger partial charge is 0.259 e. The molecule has 0 bridgehead atoms. The van der Waals surface area contributed by atoms with Gasteiger partial charge in [-0.2, -0.15) is 0 Å². The number of nitrogens with zero attached hydrogens (tertiary/aromatic N) is 3. The Kier molecular flexibility index (Phi) is 5.33. The van der Waals surface area contributed by atoms with E-state index in [2.05, 4.69) is 4.83 Å². The van der Waals surface area contributed by atoms with Crippen LogP contribution in [0.5, 0.6) is 0 Å². The summed E-state index contributed by atoms with van der Waals surface area (Å²) >= 11 is 0. The molecule has 23 heavy (non-hydrogen) atoms. The Labute approximate surface area is 136 Å². The molecule has 0 spiro atoms. The van der Waals surface area contributed by atoms with Crippen LogP contribution in [-0.4, -0.2) is 32.3 Å². The van der Waals surface area contributed by atoms with Gasteiger partial charge < -0.3 is 9.73 Å². The first-order valence-corrected chi connectivity index (χ1v) is 8.76. The molecule has 0 radical (unpaired) electrons. The highest BCUT2D eigenvalue weighted by molar-refractivity contribution is 7.93. The quantitative estimate of drug-likeness (QED) is 0.759. The van der Waals surface area contributed by atoms with E-state index in [-0.39, 0.29) is 10.8 Å². The van der Waals surface area contributed by atoms with Gasteiger partial charge in [0, 0.05) is 19.2 Å². The second-order valence-electron chi connectivity index (χ2n) is 4.82. The number of benzene rings is 1. The largest absolute Gasteiger partial charge is 0.339 e. The number of carbonyl (C=O) groups is 1. The summed E-state index contributed by atoms with van der Waals surface area (Å²) < 4.78 is 25.6. The minimum atomic E-state index is -3.82. The third-order valence-electron chi connectivity index (χ3n) is 3.33. The normalized spacial score (nSPS) is 11.0. The summed E-state index contributed by atoms with van der Waals surface area (Å²) in [5, 5.41) is 0. The molecular formula is C16H19N3O3S. The van der Waals surface area contributed by atoms with E-state index < -0.39 is 10.0 Å². The summed E-state index contributed by atoms with van der Waals surface area (Å²) in [5.41, 5.74) is 0.392. The topological polar surface area (TPSA) is 72.4 Å². The maximum atomic E-state index is 12.3. The van der Waals surface area contributed by atoms with Crippen LogP contribution in [0.2, 0.25) is 0 Å². The molecule has 1 heterocycles. The molecule has 1 aromatic heterocycles. The fourth-order valence-electron chi connectivity index (χ4n) is 2.10. The lowest BCUT2D eigenvalue weighted by molar-refractivity contribution is -0.614. The molecule has 0 aliphatic carbocycles. The fraction of sp³-hybridized carbons (Fsp3) is 0.250. The Morgan fingerprint density at radius 1 is 1.09 bits per heavy atom. The average Bonchev–Trinajstić information content (AvgIpc) is 2.56. The van der Waals surface area contributed by atoms with Crippen molar-refractivity contribution in [2.24, 2.45) is 0 Å². The summed E-state index contributed by atoms with van der Waals surface area (Å²) in [6.07, 6.45) is 2.90. The maximum absolute atomic E-state index is 12.3. The van der Waals surface area contributed by atoms with Crippen molar-refractivity contribution >= 4 is 15.9 Å². The Balaban J connectivity index is 2.26. The zero-order valence-corrected chi connectivity index (χ0v) is 13.9. The zero-order valence-electron chi connectivity index (χ0n) is 13.1. The van der Waals surface area contributed by atoms with Crippen molar-refractivity contribution in [3.63, 3.8) is 0 Å². The molecule has 0 unspecified atom stereocenters. The van der Waals surface area contributed by atoms with Gasteiger partial charge in [0.05, 0.1) is 4.90 Å². The molecule has 0 fully saturated rings. The third-order valence-corrected chi connectivity index (χ3v) is 4.60. The SMILES string of the molecule is CCN(CC)C(=O)c1ccc[n+]([N-]S(=O)(=O)c2ccccc2)c1. The minimum Gasteiger partial charge on any atom is -0.339 e. The lowest BCUT2D eigenvalue weighted by Crippen LogP contribution is -2.36. The monoisotopic (exact) mass is 333 g/mol. The van der Waals surface area contributed by atoms with Crippen molar-refractivity contribution < 1.29 is 17.9 Å². The highest BCUT2D eigenvalue weighted by Gasteiger charge is 2.15. The van der Waals surface area contributed by atoms with Gasteiger partial charge >= 0.3 is 0 Å². The fourth-order valence-corrected chi connectivity index (χ4v) is 3.04. The summed E-state index contributed by atoms with van der Waals surface area (Å²) in [6.45, 7) is 4.96. The lowest BCUT2D eigenvalue weighted by atomic mass is 10.2. The van der Waals surface area contributed by atoms with E-state index in [4.69, 9.17) is 0 Å². The van der Waals surface area contributed by atoms with E-state index in [9.17, 15) is 13.2 Å². The molecule has 0 aliphatic heterocycles. The molecule has 1 amide bonds. The van der Waals surface area contributed by atoms with Crippen LogP contribution in [0.1, 0.15) is 24.2 Å². The maximum Gasteiger partial charge on any atom is 0.259 e. The molecular weight excluding hydrogens is 314 g/mol. The van der Waals surface area contributed by atoms with Crippen molar-refractivity contribution in [1.29, 1.82) is 0 Å². The second-order valence-corrected chi connectivity index (χ2v) is 6.40. The predicted octanol–water partition coefficient (Wildman–Crippen LogP) is 1.98. The van der Waals surface area contributed by atoms with Crippen LogP contribution in [0.4, 0.5) is 0 Å². The number of hydrogen-bond donors (Lipinski definition) is 0. The third kappa shape index (κ3) is 4.07. The number of hydrogen-bond acceptors (Lipinski definition) is 3. The van der Waals surface area contributed by atoms with Gasteiger partial charge in [0.25, 0.3) is 5.91 Å². The minimum absolute atomic E-state index is 0.105. The summed E-state index contributed by atoms with van der Waals surface area (Å²) in [7, 11) is -3.82. The van der Waals surface area contributed by atoms with Crippen LogP contribution in [0.3, 0.4) is 0 Å². The molecule has 2 aromatic rings. The van der Waals surface area contributed by atoms with Gasteiger partial charge in [0.1, 0.15) is 5.56 Å². The highest BCUT2D eigenvalue weighted by Crippen LogP contribution is 2.14. The summed E-state index contributed by atoms with van der Waals surface area (Å²) in [4.78, 5) is 17.8. The van der Waals surface area contributed by atoms with Gasteiger partial charge in [-0.25, -0.2) is 13.1 Å². The first-order valence-electron chi connectivity index (χ1n) is 7.32. The molecule has 0 N–H and O–H groups in total. The number of sulfonamides is 1. The van der Waals surface area contributed by atoms with Crippen molar-refractivity contribution in [3.05, 3.63) is 65.3 Å². The zero-order chi connectivity index (χ0) is 16.9. The molecule has 0 aliphatic rings. The van der Waals surface area contributed by atoms with Crippen molar-refractivity contribution in [2.45, 2.75) is 18.7 Å². The number of amides is 1. The number of rotatable bonds is 6. The Morgan fingerprint density at radius 3 is 2.35 bits per heavy atom. The standard InChI is InChI=1S/C16H19N3O3S/c1-3-18(4-2)16(20)14-9-8-12-19(13-14)17-23(21,22)15-10-6-5-7-11-15/h5-13H,3-4H2,1-2H3. The highest BCUT2D eigenvalue weighted by atomic mass is 32.2. The molecule has 6 nitrogen and oxygen atoms in total. The first-order chi connectivity index (χ1) is 11.0. The Hall–Kier alpha value is -2.41. The van der Waals surface area contributed by atoms with Crippen LogP contribution in [0.15, 0.2) is 59.8 Å². The molecule has 0 saturated carbocycles. The molecule has 2 rings (SSSR count). The van der Waals surface area contributed by atoms with Crippen molar-refractivity contribution in [2.75, 3.05) is 13.1 Å². The van der Waals surface area contributed by atoms with Gasteiger partial charge in [-0.05, 0) is 32.0 Å². The van der Waals surface area contributed by atoms with Gasteiger partial charge in [-0.1, -0.05) is 18.2 Å². The Bertz CT molecular complexity index is 772. The van der Waals surface area contributed by atoms with Crippen LogP contribution in [0, 0.1) is 0 Å². The lowest BCUT2D eigenvalue weighted by Gasteiger charge is -2.19.